The predicted octanol–water partition coefficient (Wildman–Crippen LogP) is 0.806. The molecule has 1 atom stereocenters. The first kappa shape index (κ1) is 15.9. The second kappa shape index (κ2) is 5.02. The van der Waals surface area contributed by atoms with E-state index < -0.39 is 20.7 Å². The molecule has 0 amide bonds. The zero-order valence-electron chi connectivity index (χ0n) is 11.2. The quantitative estimate of drug-likeness (QED) is 0.759. The normalized spacial score (nSPS) is 16.2. The standard InChI is InChI=1S/C11H25NO3S/c1-10(2,3)9(13)7-12-8-11(4,5)16(6,14)15/h9,12-13H,7-8H2,1-6H3. The summed E-state index contributed by atoms with van der Waals surface area (Å²) in [5.41, 5.74) is -0.192. The first-order valence-corrected chi connectivity index (χ1v) is 7.35. The molecule has 0 aliphatic rings. The Labute approximate surface area is 99.4 Å². The largest absolute Gasteiger partial charge is 0.391 e. The van der Waals surface area contributed by atoms with Crippen molar-refractivity contribution in [3.63, 3.8) is 0 Å². The van der Waals surface area contributed by atoms with Crippen molar-refractivity contribution in [2.24, 2.45) is 5.41 Å². The van der Waals surface area contributed by atoms with E-state index in [1.54, 1.807) is 13.8 Å². The van der Waals surface area contributed by atoms with Crippen LogP contribution in [0.5, 0.6) is 0 Å². The topological polar surface area (TPSA) is 66.4 Å². The maximum Gasteiger partial charge on any atom is 0.153 e. The van der Waals surface area contributed by atoms with Crippen molar-refractivity contribution in [2.75, 3.05) is 19.3 Å². The highest BCUT2D eigenvalue weighted by Crippen LogP contribution is 2.19. The van der Waals surface area contributed by atoms with E-state index in [1.807, 2.05) is 20.8 Å². The number of aliphatic hydroxyl groups is 1. The van der Waals surface area contributed by atoms with E-state index >= 15 is 0 Å². The summed E-state index contributed by atoms with van der Waals surface area (Å²) in [5.74, 6) is 0. The monoisotopic (exact) mass is 251 g/mol. The Hall–Kier alpha value is -0.130. The van der Waals surface area contributed by atoms with Crippen molar-refractivity contribution in [3.8, 4) is 0 Å². The first-order chi connectivity index (χ1) is 6.88. The van der Waals surface area contributed by atoms with E-state index in [0.717, 1.165) is 0 Å². The Balaban J connectivity index is 4.20. The minimum atomic E-state index is -3.08. The summed E-state index contributed by atoms with van der Waals surface area (Å²) in [7, 11) is -3.08. The van der Waals surface area contributed by atoms with Gasteiger partial charge in [-0.15, -0.1) is 0 Å². The van der Waals surface area contributed by atoms with Crippen molar-refractivity contribution in [2.45, 2.75) is 45.5 Å². The van der Waals surface area contributed by atoms with Crippen LogP contribution in [0.4, 0.5) is 0 Å². The molecule has 0 aromatic carbocycles. The van der Waals surface area contributed by atoms with E-state index in [1.165, 1.54) is 6.26 Å². The lowest BCUT2D eigenvalue weighted by atomic mass is 9.89. The number of hydrogen-bond acceptors (Lipinski definition) is 4. The maximum atomic E-state index is 11.4. The number of nitrogens with one attached hydrogen (secondary N) is 1. The molecule has 4 nitrogen and oxygen atoms in total. The summed E-state index contributed by atoms with van der Waals surface area (Å²) in [6.07, 6.45) is 0.748. The van der Waals surface area contributed by atoms with Gasteiger partial charge in [0.05, 0.1) is 10.9 Å². The molecule has 0 saturated heterocycles. The first-order valence-electron chi connectivity index (χ1n) is 5.46. The van der Waals surface area contributed by atoms with Gasteiger partial charge in [0.1, 0.15) is 0 Å². The lowest BCUT2D eigenvalue weighted by molar-refractivity contribution is 0.0627. The van der Waals surface area contributed by atoms with Crippen molar-refractivity contribution in [1.82, 2.24) is 5.32 Å². The Morgan fingerprint density at radius 2 is 1.62 bits per heavy atom. The third kappa shape index (κ3) is 4.80. The van der Waals surface area contributed by atoms with Crippen LogP contribution in [-0.4, -0.2) is 43.7 Å². The lowest BCUT2D eigenvalue weighted by Gasteiger charge is -2.28. The second-order valence-corrected chi connectivity index (χ2v) is 8.69. The van der Waals surface area contributed by atoms with Crippen molar-refractivity contribution < 1.29 is 13.5 Å². The smallest absolute Gasteiger partial charge is 0.153 e. The third-order valence-electron chi connectivity index (χ3n) is 2.89. The van der Waals surface area contributed by atoms with Gasteiger partial charge >= 0.3 is 0 Å². The van der Waals surface area contributed by atoms with Crippen LogP contribution in [-0.2, 0) is 9.84 Å². The van der Waals surface area contributed by atoms with Crippen molar-refractivity contribution in [3.05, 3.63) is 0 Å². The summed E-state index contributed by atoms with van der Waals surface area (Å²) in [6.45, 7) is 9.95. The molecule has 98 valence electrons. The van der Waals surface area contributed by atoms with Crippen LogP contribution in [0.25, 0.3) is 0 Å². The molecule has 16 heavy (non-hydrogen) atoms. The predicted molar refractivity (Wildman–Crippen MR) is 67.3 cm³/mol. The average Bonchev–Trinajstić information content (AvgIpc) is 1.99. The fourth-order valence-corrected chi connectivity index (χ4v) is 1.31. The Morgan fingerprint density at radius 3 is 1.94 bits per heavy atom. The fraction of sp³-hybridized carbons (Fsp3) is 1.00. The minimum absolute atomic E-state index is 0.192. The van der Waals surface area contributed by atoms with E-state index in [2.05, 4.69) is 5.32 Å². The van der Waals surface area contributed by atoms with Crippen LogP contribution >= 0.6 is 0 Å². The van der Waals surface area contributed by atoms with E-state index in [9.17, 15) is 13.5 Å². The number of sulfone groups is 1. The number of hydrogen-bond donors (Lipinski definition) is 2. The molecule has 2 N–H and O–H groups in total. The van der Waals surface area contributed by atoms with E-state index in [-0.39, 0.29) is 5.41 Å². The van der Waals surface area contributed by atoms with E-state index in [0.29, 0.717) is 13.1 Å². The molecule has 0 aromatic rings. The molecule has 0 aromatic heterocycles. The molecule has 5 heteroatoms. The van der Waals surface area contributed by atoms with Gasteiger partial charge in [-0.2, -0.15) is 0 Å². The van der Waals surface area contributed by atoms with Crippen LogP contribution in [0.15, 0.2) is 0 Å². The Bertz CT molecular complexity index is 315. The molecule has 1 unspecified atom stereocenters. The van der Waals surface area contributed by atoms with E-state index in [4.69, 9.17) is 0 Å². The molecule has 0 bridgehead atoms. The zero-order valence-corrected chi connectivity index (χ0v) is 12.0. The van der Waals surface area contributed by atoms with Gasteiger partial charge in [0, 0.05) is 19.3 Å². The Morgan fingerprint density at radius 1 is 1.19 bits per heavy atom. The van der Waals surface area contributed by atoms with Crippen LogP contribution in [0.2, 0.25) is 0 Å². The average molecular weight is 251 g/mol. The molecule has 0 aliphatic heterocycles. The van der Waals surface area contributed by atoms with Gasteiger partial charge in [-0.25, -0.2) is 8.42 Å². The van der Waals surface area contributed by atoms with Crippen LogP contribution in [0.1, 0.15) is 34.6 Å². The van der Waals surface area contributed by atoms with Gasteiger partial charge in [0.2, 0.25) is 0 Å². The number of aliphatic hydroxyl groups excluding tert-OH is 1. The molecule has 0 rings (SSSR count). The van der Waals surface area contributed by atoms with Crippen LogP contribution < -0.4 is 5.32 Å². The van der Waals surface area contributed by atoms with Gasteiger partial charge in [0.25, 0.3) is 0 Å². The SMILES string of the molecule is CC(C)(C)C(O)CNCC(C)(C)S(C)(=O)=O. The molecule has 0 radical (unpaired) electrons. The third-order valence-corrected chi connectivity index (χ3v) is 5.04. The van der Waals surface area contributed by atoms with Gasteiger partial charge < -0.3 is 10.4 Å². The van der Waals surface area contributed by atoms with Gasteiger partial charge in [0.15, 0.2) is 9.84 Å². The highest BCUT2D eigenvalue weighted by molar-refractivity contribution is 7.92. The summed E-state index contributed by atoms with van der Waals surface area (Å²) >= 11 is 0. The van der Waals surface area contributed by atoms with Gasteiger partial charge in [-0.05, 0) is 19.3 Å². The second-order valence-electron chi connectivity index (χ2n) is 6.04. The van der Waals surface area contributed by atoms with Crippen molar-refractivity contribution >= 4 is 9.84 Å². The van der Waals surface area contributed by atoms with Crippen LogP contribution in [0.3, 0.4) is 0 Å². The lowest BCUT2D eigenvalue weighted by Crippen LogP contribution is -2.45. The summed E-state index contributed by atoms with van der Waals surface area (Å²) in [6, 6.07) is 0. The zero-order chi connectivity index (χ0) is 13.2. The molecular formula is C11H25NO3S. The highest BCUT2D eigenvalue weighted by atomic mass is 32.2. The maximum absolute atomic E-state index is 11.4. The summed E-state index contributed by atoms with van der Waals surface area (Å²) in [4.78, 5) is 0. The number of rotatable bonds is 5. The van der Waals surface area contributed by atoms with Gasteiger partial charge in [-0.1, -0.05) is 20.8 Å². The molecule has 0 heterocycles. The molecule has 0 fully saturated rings. The molecule has 0 saturated carbocycles. The minimum Gasteiger partial charge on any atom is -0.391 e. The summed E-state index contributed by atoms with van der Waals surface area (Å²) in [5, 5.41) is 12.8. The van der Waals surface area contributed by atoms with Gasteiger partial charge in [-0.3, -0.25) is 0 Å². The van der Waals surface area contributed by atoms with Crippen molar-refractivity contribution in [1.29, 1.82) is 0 Å². The molecule has 0 spiro atoms. The molecular weight excluding hydrogens is 226 g/mol. The highest BCUT2D eigenvalue weighted by Gasteiger charge is 2.30. The molecule has 0 aliphatic carbocycles. The summed E-state index contributed by atoms with van der Waals surface area (Å²) < 4.78 is 22.0. The fourth-order valence-electron chi connectivity index (χ4n) is 0.947. The van der Waals surface area contributed by atoms with Crippen LogP contribution in [0, 0.1) is 5.41 Å². The Kier molecular flexibility index (Phi) is 4.98.